The van der Waals surface area contributed by atoms with E-state index in [1.165, 1.54) is 11.8 Å². The Kier molecular flexibility index (Phi) is 7.36. The van der Waals surface area contributed by atoms with Gasteiger partial charge in [-0.1, -0.05) is 48.2 Å². The molecule has 35 heavy (non-hydrogen) atoms. The highest BCUT2D eigenvalue weighted by molar-refractivity contribution is 8.00. The maximum atomic E-state index is 12.8. The number of amides is 2. The molecule has 0 aliphatic carbocycles. The summed E-state index contributed by atoms with van der Waals surface area (Å²) in [5.74, 6) is 1.29. The number of para-hydroxylation sites is 1. The van der Waals surface area contributed by atoms with Gasteiger partial charge in [-0.2, -0.15) is 4.98 Å². The largest absolute Gasteiger partial charge is 0.496 e. The van der Waals surface area contributed by atoms with Crippen LogP contribution in [0.3, 0.4) is 0 Å². The standard InChI is InChI=1S/C26H26N4O4S/c1-15-16(2)34-25-21(15)22(28-24(32)18-10-6-5-7-11-18)29-26(30-25)35-17(3)23(31)27-14-19-12-8-9-13-20(19)33-4/h5-13,17H,14H2,1-4H3,(H,27,31)(H,28,29,30,32)/t17-/m1/s1. The summed E-state index contributed by atoms with van der Waals surface area (Å²) >= 11 is 1.19. The van der Waals surface area contributed by atoms with Crippen LogP contribution in [0, 0.1) is 13.8 Å². The molecule has 9 heteroatoms. The van der Waals surface area contributed by atoms with Crippen LogP contribution in [0.2, 0.25) is 0 Å². The lowest BCUT2D eigenvalue weighted by Crippen LogP contribution is -2.30. The SMILES string of the molecule is COc1ccccc1CNC(=O)[C@@H](C)Sc1nc(NC(=O)c2ccccc2)c2c(C)c(C)oc2n1. The van der Waals surface area contributed by atoms with Crippen molar-refractivity contribution >= 4 is 40.5 Å². The fraction of sp³-hybridized carbons (Fsp3) is 0.231. The normalized spacial score (nSPS) is 11.8. The molecule has 4 rings (SSSR count). The third-order valence-corrected chi connectivity index (χ3v) is 6.53. The Hall–Kier alpha value is -3.85. The summed E-state index contributed by atoms with van der Waals surface area (Å²) in [6.45, 7) is 5.84. The quantitative estimate of drug-likeness (QED) is 0.267. The van der Waals surface area contributed by atoms with Crippen LogP contribution >= 0.6 is 11.8 Å². The molecule has 0 bridgehead atoms. The third kappa shape index (κ3) is 5.46. The second-order valence-electron chi connectivity index (χ2n) is 7.93. The maximum Gasteiger partial charge on any atom is 0.256 e. The van der Waals surface area contributed by atoms with Gasteiger partial charge in [0, 0.05) is 23.2 Å². The molecule has 8 nitrogen and oxygen atoms in total. The van der Waals surface area contributed by atoms with Crippen LogP contribution < -0.4 is 15.4 Å². The molecule has 0 radical (unpaired) electrons. The van der Waals surface area contributed by atoms with Crippen LogP contribution in [0.15, 0.2) is 64.2 Å². The molecule has 0 aliphatic heterocycles. The number of aryl methyl sites for hydroxylation is 2. The molecule has 0 saturated heterocycles. The van der Waals surface area contributed by atoms with Gasteiger partial charge < -0.3 is 19.8 Å². The molecule has 2 heterocycles. The van der Waals surface area contributed by atoms with Crippen LogP contribution in [-0.2, 0) is 11.3 Å². The van der Waals surface area contributed by atoms with Crippen molar-refractivity contribution in [2.75, 3.05) is 12.4 Å². The molecule has 2 N–H and O–H groups in total. The van der Waals surface area contributed by atoms with Gasteiger partial charge in [0.05, 0.1) is 17.7 Å². The predicted molar refractivity (Wildman–Crippen MR) is 136 cm³/mol. The van der Waals surface area contributed by atoms with Crippen LogP contribution in [0.1, 0.15) is 34.2 Å². The number of hydrogen-bond acceptors (Lipinski definition) is 7. The molecule has 0 unspecified atom stereocenters. The first kappa shape index (κ1) is 24.3. The van der Waals surface area contributed by atoms with Crippen molar-refractivity contribution in [1.82, 2.24) is 15.3 Å². The Morgan fingerprint density at radius 2 is 1.77 bits per heavy atom. The van der Waals surface area contributed by atoms with Crippen molar-refractivity contribution in [3.8, 4) is 5.75 Å². The number of aromatic nitrogens is 2. The number of rotatable bonds is 8. The van der Waals surface area contributed by atoms with Crippen LogP contribution in [0.4, 0.5) is 5.82 Å². The number of nitrogens with zero attached hydrogens (tertiary/aromatic N) is 2. The second kappa shape index (κ2) is 10.6. The first-order valence-electron chi connectivity index (χ1n) is 11.1. The Morgan fingerprint density at radius 3 is 2.51 bits per heavy atom. The molecule has 0 spiro atoms. The monoisotopic (exact) mass is 490 g/mol. The summed E-state index contributed by atoms with van der Waals surface area (Å²) in [7, 11) is 1.60. The number of carbonyl (C=O) groups excluding carboxylic acids is 2. The van der Waals surface area contributed by atoms with E-state index >= 15 is 0 Å². The minimum atomic E-state index is -0.489. The number of fused-ring (bicyclic) bond motifs is 1. The van der Waals surface area contributed by atoms with Gasteiger partial charge in [0.2, 0.25) is 11.6 Å². The van der Waals surface area contributed by atoms with Gasteiger partial charge >= 0.3 is 0 Å². The minimum absolute atomic E-state index is 0.175. The lowest BCUT2D eigenvalue weighted by molar-refractivity contribution is -0.120. The zero-order valence-corrected chi connectivity index (χ0v) is 20.7. The first-order chi connectivity index (χ1) is 16.9. The van der Waals surface area contributed by atoms with Crippen molar-refractivity contribution in [3.63, 3.8) is 0 Å². The van der Waals surface area contributed by atoms with E-state index in [1.54, 1.807) is 38.3 Å². The van der Waals surface area contributed by atoms with Crippen molar-refractivity contribution < 1.29 is 18.7 Å². The summed E-state index contributed by atoms with van der Waals surface area (Å²) in [6, 6.07) is 16.4. The number of carbonyl (C=O) groups is 2. The Bertz CT molecular complexity index is 1370. The van der Waals surface area contributed by atoms with E-state index in [4.69, 9.17) is 9.15 Å². The van der Waals surface area contributed by atoms with Gasteiger partial charge in [-0.15, -0.1) is 0 Å². The fourth-order valence-corrected chi connectivity index (χ4v) is 4.32. The second-order valence-corrected chi connectivity index (χ2v) is 9.24. The highest BCUT2D eigenvalue weighted by Crippen LogP contribution is 2.32. The number of furan rings is 1. The Morgan fingerprint density at radius 1 is 1.06 bits per heavy atom. The zero-order valence-electron chi connectivity index (χ0n) is 19.9. The predicted octanol–water partition coefficient (Wildman–Crippen LogP) is 4.90. The van der Waals surface area contributed by atoms with Crippen molar-refractivity contribution in [1.29, 1.82) is 0 Å². The van der Waals surface area contributed by atoms with Gasteiger partial charge in [-0.3, -0.25) is 9.59 Å². The molecular weight excluding hydrogens is 464 g/mol. The van der Waals surface area contributed by atoms with Crippen LogP contribution in [0.5, 0.6) is 5.75 Å². The molecule has 1 atom stereocenters. The summed E-state index contributed by atoms with van der Waals surface area (Å²) in [4.78, 5) is 34.6. The molecule has 2 aromatic heterocycles. The van der Waals surface area contributed by atoms with E-state index in [0.29, 0.717) is 45.7 Å². The van der Waals surface area contributed by atoms with E-state index in [0.717, 1.165) is 11.1 Å². The summed E-state index contributed by atoms with van der Waals surface area (Å²) in [6.07, 6.45) is 0. The lowest BCUT2D eigenvalue weighted by atomic mass is 10.2. The van der Waals surface area contributed by atoms with Crippen LogP contribution in [0.25, 0.3) is 11.1 Å². The summed E-state index contributed by atoms with van der Waals surface area (Å²) < 4.78 is 11.2. The van der Waals surface area contributed by atoms with Gasteiger partial charge in [-0.05, 0) is 39.0 Å². The molecular formula is C26H26N4O4S. The highest BCUT2D eigenvalue weighted by Gasteiger charge is 2.22. The smallest absolute Gasteiger partial charge is 0.256 e. The van der Waals surface area contributed by atoms with E-state index in [1.807, 2.05) is 44.2 Å². The zero-order chi connectivity index (χ0) is 24.9. The van der Waals surface area contributed by atoms with E-state index in [9.17, 15) is 9.59 Å². The number of hydrogen-bond donors (Lipinski definition) is 2. The fourth-order valence-electron chi connectivity index (χ4n) is 3.53. The number of anilines is 1. The molecule has 0 fully saturated rings. The van der Waals surface area contributed by atoms with Crippen molar-refractivity contribution in [2.45, 2.75) is 37.7 Å². The van der Waals surface area contributed by atoms with E-state index in [-0.39, 0.29) is 11.8 Å². The maximum absolute atomic E-state index is 12.8. The van der Waals surface area contributed by atoms with Crippen molar-refractivity contribution in [3.05, 3.63) is 77.0 Å². The molecule has 0 aliphatic rings. The van der Waals surface area contributed by atoms with Gasteiger partial charge in [0.25, 0.3) is 5.91 Å². The summed E-state index contributed by atoms with van der Waals surface area (Å²) in [5.41, 5.74) is 2.60. The number of methoxy groups -OCH3 is 1. The van der Waals surface area contributed by atoms with E-state index < -0.39 is 5.25 Å². The average Bonchev–Trinajstić information content (AvgIpc) is 3.16. The van der Waals surface area contributed by atoms with Crippen molar-refractivity contribution in [2.24, 2.45) is 0 Å². The van der Waals surface area contributed by atoms with Gasteiger partial charge in [-0.25, -0.2) is 4.98 Å². The Labute approximate surface area is 207 Å². The third-order valence-electron chi connectivity index (χ3n) is 5.57. The molecule has 2 aromatic carbocycles. The molecule has 4 aromatic rings. The number of nitrogens with one attached hydrogen (secondary N) is 2. The molecule has 180 valence electrons. The van der Waals surface area contributed by atoms with Gasteiger partial charge in [0.1, 0.15) is 17.3 Å². The number of benzene rings is 2. The van der Waals surface area contributed by atoms with Gasteiger partial charge in [0.15, 0.2) is 5.16 Å². The number of ether oxygens (including phenoxy) is 1. The average molecular weight is 491 g/mol. The first-order valence-corrected chi connectivity index (χ1v) is 12.0. The van der Waals surface area contributed by atoms with E-state index in [2.05, 4.69) is 20.6 Å². The highest BCUT2D eigenvalue weighted by atomic mass is 32.2. The van der Waals surface area contributed by atoms with Crippen LogP contribution in [-0.4, -0.2) is 34.1 Å². The Balaban J connectivity index is 1.53. The molecule has 2 amide bonds. The minimum Gasteiger partial charge on any atom is -0.496 e. The summed E-state index contributed by atoms with van der Waals surface area (Å²) in [5, 5.41) is 6.29. The number of thioether (sulfide) groups is 1. The lowest BCUT2D eigenvalue weighted by Gasteiger charge is -2.13. The molecule has 0 saturated carbocycles. The topological polar surface area (TPSA) is 106 Å².